The van der Waals surface area contributed by atoms with Crippen molar-refractivity contribution < 1.29 is 14.4 Å². The van der Waals surface area contributed by atoms with E-state index in [0.717, 1.165) is 11.1 Å². The molecular weight excluding hydrogens is 338 g/mol. The van der Waals surface area contributed by atoms with Gasteiger partial charge in [0, 0.05) is 12.5 Å². The second-order valence-electron chi connectivity index (χ2n) is 7.53. The third-order valence-electron chi connectivity index (χ3n) is 5.36. The van der Waals surface area contributed by atoms with Crippen molar-refractivity contribution in [3.63, 3.8) is 0 Å². The van der Waals surface area contributed by atoms with Crippen LogP contribution in [0.4, 0.5) is 0 Å². The van der Waals surface area contributed by atoms with Crippen LogP contribution in [0.15, 0.2) is 48.5 Å². The van der Waals surface area contributed by atoms with Crippen LogP contribution in [0.3, 0.4) is 0 Å². The maximum absolute atomic E-state index is 13.0. The number of Topliss-reactive ketones (excluding diaryl/α,β-unsaturated/α-hetero) is 1. The van der Waals surface area contributed by atoms with Crippen molar-refractivity contribution in [2.45, 2.75) is 46.1 Å². The Bertz CT molecular complexity index is 883. The summed E-state index contributed by atoms with van der Waals surface area (Å²) in [6, 6.07) is 14.8. The highest BCUT2D eigenvalue weighted by Crippen LogP contribution is 2.38. The standard InChI is InChI=1S/C23H25NO3/c1-14(2)17-9-11-18(12-10-17)21-13-20(23(27)24(21)16(4)25)22(26)19-8-6-5-7-15(19)3/h5-12,14,20-21H,13H2,1-4H3. The van der Waals surface area contributed by atoms with E-state index in [1.54, 1.807) is 12.1 Å². The zero-order valence-electron chi connectivity index (χ0n) is 16.2. The van der Waals surface area contributed by atoms with E-state index in [9.17, 15) is 14.4 Å². The number of amides is 2. The molecule has 0 bridgehead atoms. The molecule has 140 valence electrons. The normalized spacial score (nSPS) is 19.6. The van der Waals surface area contributed by atoms with Gasteiger partial charge in [0.25, 0.3) is 0 Å². The van der Waals surface area contributed by atoms with Gasteiger partial charge < -0.3 is 0 Å². The number of benzene rings is 2. The van der Waals surface area contributed by atoms with E-state index in [1.807, 2.05) is 43.3 Å². The van der Waals surface area contributed by atoms with Crippen molar-refractivity contribution in [3.8, 4) is 0 Å². The second-order valence-corrected chi connectivity index (χ2v) is 7.53. The summed E-state index contributed by atoms with van der Waals surface area (Å²) in [5.74, 6) is -1.33. The van der Waals surface area contributed by atoms with E-state index in [-0.39, 0.29) is 11.7 Å². The molecule has 0 saturated carbocycles. The highest BCUT2D eigenvalue weighted by atomic mass is 16.2. The van der Waals surface area contributed by atoms with E-state index in [1.165, 1.54) is 17.4 Å². The number of carbonyl (C=O) groups is 3. The lowest BCUT2D eigenvalue weighted by molar-refractivity contribution is -0.143. The molecule has 0 spiro atoms. The molecule has 2 aromatic rings. The molecule has 2 aromatic carbocycles. The number of likely N-dealkylation sites (tertiary alicyclic amines) is 1. The average molecular weight is 363 g/mol. The Morgan fingerprint density at radius 2 is 1.67 bits per heavy atom. The van der Waals surface area contributed by atoms with Gasteiger partial charge in [-0.3, -0.25) is 19.3 Å². The van der Waals surface area contributed by atoms with Crippen LogP contribution in [-0.4, -0.2) is 22.5 Å². The van der Waals surface area contributed by atoms with Crippen molar-refractivity contribution in [3.05, 3.63) is 70.8 Å². The monoisotopic (exact) mass is 363 g/mol. The fraction of sp³-hybridized carbons (Fsp3) is 0.348. The summed E-state index contributed by atoms with van der Waals surface area (Å²) in [6.07, 6.45) is 0.326. The average Bonchev–Trinajstić information content (AvgIpc) is 2.99. The molecule has 1 aliphatic heterocycles. The zero-order chi connectivity index (χ0) is 19.7. The van der Waals surface area contributed by atoms with E-state index < -0.39 is 17.9 Å². The van der Waals surface area contributed by atoms with Crippen LogP contribution in [0.1, 0.15) is 66.2 Å². The SMILES string of the molecule is CC(=O)N1C(=O)C(C(=O)c2ccccc2C)CC1c1ccc(C(C)C)cc1. The molecule has 3 rings (SSSR count). The first kappa shape index (κ1) is 19.0. The molecule has 1 aliphatic rings. The minimum absolute atomic E-state index is 0.203. The van der Waals surface area contributed by atoms with Crippen molar-refractivity contribution in [1.82, 2.24) is 4.90 Å². The van der Waals surface area contributed by atoms with Crippen LogP contribution in [-0.2, 0) is 9.59 Å². The molecule has 0 aliphatic carbocycles. The minimum Gasteiger partial charge on any atom is -0.293 e. The molecule has 1 heterocycles. The highest BCUT2D eigenvalue weighted by molar-refractivity contribution is 6.14. The van der Waals surface area contributed by atoms with Gasteiger partial charge in [-0.05, 0) is 36.0 Å². The first-order valence-electron chi connectivity index (χ1n) is 9.34. The number of hydrogen-bond acceptors (Lipinski definition) is 3. The number of carbonyl (C=O) groups excluding carboxylic acids is 3. The van der Waals surface area contributed by atoms with Crippen LogP contribution < -0.4 is 0 Å². The van der Waals surface area contributed by atoms with Gasteiger partial charge in [-0.25, -0.2) is 0 Å². The van der Waals surface area contributed by atoms with Gasteiger partial charge in [0.05, 0.1) is 6.04 Å². The fourth-order valence-corrected chi connectivity index (χ4v) is 3.77. The molecule has 1 saturated heterocycles. The van der Waals surface area contributed by atoms with E-state index in [4.69, 9.17) is 0 Å². The van der Waals surface area contributed by atoms with E-state index in [2.05, 4.69) is 13.8 Å². The molecule has 2 atom stereocenters. The first-order chi connectivity index (χ1) is 12.8. The third kappa shape index (κ3) is 3.57. The maximum Gasteiger partial charge on any atom is 0.240 e. The molecule has 4 heteroatoms. The van der Waals surface area contributed by atoms with E-state index in [0.29, 0.717) is 17.9 Å². The predicted molar refractivity (Wildman–Crippen MR) is 104 cm³/mol. The minimum atomic E-state index is -0.815. The fourth-order valence-electron chi connectivity index (χ4n) is 3.77. The van der Waals surface area contributed by atoms with Crippen LogP contribution in [0, 0.1) is 12.8 Å². The molecule has 0 N–H and O–H groups in total. The van der Waals surface area contributed by atoms with E-state index >= 15 is 0 Å². The van der Waals surface area contributed by atoms with Crippen molar-refractivity contribution >= 4 is 17.6 Å². The van der Waals surface area contributed by atoms with Crippen molar-refractivity contribution in [1.29, 1.82) is 0 Å². The largest absolute Gasteiger partial charge is 0.293 e. The van der Waals surface area contributed by atoms with Gasteiger partial charge in [-0.15, -0.1) is 0 Å². The second kappa shape index (κ2) is 7.47. The number of nitrogens with zero attached hydrogens (tertiary/aromatic N) is 1. The molecule has 2 unspecified atom stereocenters. The summed E-state index contributed by atoms with van der Waals surface area (Å²) in [5.41, 5.74) is 3.48. The van der Waals surface area contributed by atoms with Gasteiger partial charge in [0.2, 0.25) is 11.8 Å². The molecule has 2 amide bonds. The van der Waals surface area contributed by atoms with Crippen molar-refractivity contribution in [2.24, 2.45) is 5.92 Å². The summed E-state index contributed by atoms with van der Waals surface area (Å²) < 4.78 is 0. The Morgan fingerprint density at radius 1 is 1.04 bits per heavy atom. The Balaban J connectivity index is 1.94. The molecule has 0 aromatic heterocycles. The lowest BCUT2D eigenvalue weighted by Crippen LogP contribution is -2.35. The molecule has 1 fully saturated rings. The Hall–Kier alpha value is -2.75. The Kier molecular flexibility index (Phi) is 5.26. The topological polar surface area (TPSA) is 54.5 Å². The number of hydrogen-bond donors (Lipinski definition) is 0. The van der Waals surface area contributed by atoms with Crippen LogP contribution in [0.5, 0.6) is 0 Å². The quantitative estimate of drug-likeness (QED) is 0.596. The summed E-state index contributed by atoms with van der Waals surface area (Å²) in [7, 11) is 0. The Labute approximate surface area is 160 Å². The molecular formula is C23H25NO3. The summed E-state index contributed by atoms with van der Waals surface area (Å²) in [6.45, 7) is 7.48. The Morgan fingerprint density at radius 3 is 2.22 bits per heavy atom. The van der Waals surface area contributed by atoms with Crippen molar-refractivity contribution in [2.75, 3.05) is 0 Å². The van der Waals surface area contributed by atoms with Crippen LogP contribution in [0.2, 0.25) is 0 Å². The van der Waals surface area contributed by atoms with Gasteiger partial charge in [0.1, 0.15) is 5.92 Å². The summed E-state index contributed by atoms with van der Waals surface area (Å²) >= 11 is 0. The highest BCUT2D eigenvalue weighted by Gasteiger charge is 2.46. The van der Waals surface area contributed by atoms with Crippen LogP contribution in [0.25, 0.3) is 0 Å². The smallest absolute Gasteiger partial charge is 0.240 e. The third-order valence-corrected chi connectivity index (χ3v) is 5.36. The number of aryl methyl sites for hydroxylation is 1. The molecule has 27 heavy (non-hydrogen) atoms. The lowest BCUT2D eigenvalue weighted by Gasteiger charge is -2.22. The lowest BCUT2D eigenvalue weighted by atomic mass is 9.90. The first-order valence-corrected chi connectivity index (χ1v) is 9.34. The van der Waals surface area contributed by atoms with Gasteiger partial charge in [-0.2, -0.15) is 0 Å². The summed E-state index contributed by atoms with van der Waals surface area (Å²) in [5, 5.41) is 0. The van der Waals surface area contributed by atoms with Gasteiger partial charge in [-0.1, -0.05) is 62.4 Å². The van der Waals surface area contributed by atoms with Gasteiger partial charge in [0.15, 0.2) is 5.78 Å². The zero-order valence-corrected chi connectivity index (χ0v) is 16.2. The van der Waals surface area contributed by atoms with Crippen LogP contribution >= 0.6 is 0 Å². The predicted octanol–water partition coefficient (Wildman–Crippen LogP) is 4.44. The summed E-state index contributed by atoms with van der Waals surface area (Å²) in [4.78, 5) is 39.4. The maximum atomic E-state index is 13.0. The number of imide groups is 1. The number of ketones is 1. The van der Waals surface area contributed by atoms with Gasteiger partial charge >= 0.3 is 0 Å². The molecule has 4 nitrogen and oxygen atoms in total. The molecule has 0 radical (unpaired) electrons. The number of rotatable bonds is 4.